The van der Waals surface area contributed by atoms with Gasteiger partial charge in [0.15, 0.2) is 0 Å². The van der Waals surface area contributed by atoms with Crippen molar-refractivity contribution in [2.45, 2.75) is 103 Å². The highest BCUT2D eigenvalue weighted by molar-refractivity contribution is 7.47. The van der Waals surface area contributed by atoms with Gasteiger partial charge in [-0.3, -0.25) is 13.8 Å². The molecule has 0 saturated carbocycles. The van der Waals surface area contributed by atoms with Crippen LogP contribution in [0.1, 0.15) is 97.3 Å². The molecule has 0 saturated heterocycles. The minimum Gasteiger partial charge on any atom is -0.457 e. The number of esters is 1. The van der Waals surface area contributed by atoms with Crippen molar-refractivity contribution in [2.75, 3.05) is 33.0 Å². The van der Waals surface area contributed by atoms with Gasteiger partial charge in [0.25, 0.3) is 0 Å². The van der Waals surface area contributed by atoms with Crippen molar-refractivity contribution < 1.29 is 32.8 Å². The number of hydrogen-bond acceptors (Lipinski definition) is 7. The third-order valence-corrected chi connectivity index (χ3v) is 5.92. The molecule has 33 heavy (non-hydrogen) atoms. The number of rotatable bonds is 24. The fourth-order valence-corrected chi connectivity index (χ4v) is 3.78. The second-order valence-electron chi connectivity index (χ2n) is 8.20. The van der Waals surface area contributed by atoms with Crippen LogP contribution in [0.4, 0.5) is 0 Å². The molecule has 2 atom stereocenters. The molecule has 196 valence electrons. The summed E-state index contributed by atoms with van der Waals surface area (Å²) in [7, 11) is -4.23. The van der Waals surface area contributed by atoms with Crippen LogP contribution in [0, 0.1) is 0 Å². The van der Waals surface area contributed by atoms with Crippen LogP contribution < -0.4 is 5.73 Å². The lowest BCUT2D eigenvalue weighted by atomic mass is 10.1. The van der Waals surface area contributed by atoms with Gasteiger partial charge in [-0.05, 0) is 32.1 Å². The normalized spacial score (nSPS) is 14.4. The maximum Gasteiger partial charge on any atom is 0.472 e. The Balaban J connectivity index is 4.01. The van der Waals surface area contributed by atoms with E-state index in [-0.39, 0.29) is 32.3 Å². The third-order valence-electron chi connectivity index (χ3n) is 4.93. The van der Waals surface area contributed by atoms with Gasteiger partial charge in [0.2, 0.25) is 0 Å². The number of phosphoric acid groups is 1. The van der Waals surface area contributed by atoms with Crippen LogP contribution in [0.5, 0.6) is 0 Å². The second kappa shape index (κ2) is 23.0. The average Bonchev–Trinajstić information content (AvgIpc) is 2.80. The average molecular weight is 494 g/mol. The summed E-state index contributed by atoms with van der Waals surface area (Å²) in [4.78, 5) is 21.6. The van der Waals surface area contributed by atoms with E-state index < -0.39 is 13.9 Å². The fraction of sp³-hybridized carbons (Fsp3) is 0.875. The Kier molecular flexibility index (Phi) is 22.5. The molecule has 0 aromatic heterocycles. The Hall–Kier alpha value is -0.760. The Morgan fingerprint density at radius 1 is 0.879 bits per heavy atom. The largest absolute Gasteiger partial charge is 0.472 e. The van der Waals surface area contributed by atoms with Crippen molar-refractivity contribution in [3.63, 3.8) is 0 Å². The van der Waals surface area contributed by atoms with E-state index in [0.717, 1.165) is 25.7 Å². The Morgan fingerprint density at radius 2 is 1.52 bits per heavy atom. The number of allylic oxidation sites excluding steroid dienone is 2. The molecule has 3 N–H and O–H groups in total. The van der Waals surface area contributed by atoms with Crippen LogP contribution in [-0.2, 0) is 27.9 Å². The molecule has 0 amide bonds. The number of carbonyl (C=O) groups excluding carboxylic acids is 1. The maximum absolute atomic E-state index is 11.9. The van der Waals surface area contributed by atoms with Gasteiger partial charge in [-0.15, -0.1) is 0 Å². The van der Waals surface area contributed by atoms with Gasteiger partial charge >= 0.3 is 13.8 Å². The van der Waals surface area contributed by atoms with E-state index in [4.69, 9.17) is 24.3 Å². The zero-order valence-corrected chi connectivity index (χ0v) is 21.8. The highest BCUT2D eigenvalue weighted by Crippen LogP contribution is 2.43. The van der Waals surface area contributed by atoms with E-state index in [2.05, 4.69) is 19.1 Å². The number of unbranched alkanes of at least 4 members (excludes halogenated alkanes) is 9. The third kappa shape index (κ3) is 22.8. The molecule has 0 bridgehead atoms. The summed E-state index contributed by atoms with van der Waals surface area (Å²) in [5.74, 6) is -0.370. The molecule has 0 heterocycles. The van der Waals surface area contributed by atoms with Crippen LogP contribution in [0.25, 0.3) is 0 Å². The van der Waals surface area contributed by atoms with Crippen molar-refractivity contribution in [2.24, 2.45) is 5.73 Å². The number of phosphoric ester groups is 1. The predicted molar refractivity (Wildman–Crippen MR) is 132 cm³/mol. The molecular weight excluding hydrogens is 445 g/mol. The summed E-state index contributed by atoms with van der Waals surface area (Å²) in [6.07, 6.45) is 17.5. The molecule has 0 aromatic rings. The summed E-state index contributed by atoms with van der Waals surface area (Å²) in [5, 5.41) is 0. The van der Waals surface area contributed by atoms with Crippen LogP contribution in [0.3, 0.4) is 0 Å². The Bertz CT molecular complexity index is 531. The quantitative estimate of drug-likeness (QED) is 0.0764. The van der Waals surface area contributed by atoms with E-state index in [9.17, 15) is 14.3 Å². The molecule has 0 aliphatic heterocycles. The van der Waals surface area contributed by atoms with Gasteiger partial charge in [0, 0.05) is 19.6 Å². The lowest BCUT2D eigenvalue weighted by molar-refractivity contribution is -0.154. The van der Waals surface area contributed by atoms with Gasteiger partial charge in [-0.25, -0.2) is 4.57 Å². The Morgan fingerprint density at radius 3 is 2.18 bits per heavy atom. The fourth-order valence-electron chi connectivity index (χ4n) is 3.01. The molecular formula is C24H48NO7P. The predicted octanol–water partition coefficient (Wildman–Crippen LogP) is 5.67. The summed E-state index contributed by atoms with van der Waals surface area (Å²) in [5.41, 5.74) is 5.27. The number of ether oxygens (including phenoxy) is 2. The SMILES string of the molecule is CCCC/C=C\CCCCCCCCOCC(COP(=O)(O)OCCN)OC(=O)CCCC. The molecule has 0 rings (SSSR count). The molecule has 0 spiro atoms. The lowest BCUT2D eigenvalue weighted by Crippen LogP contribution is -2.28. The van der Waals surface area contributed by atoms with Crippen LogP contribution in [0.2, 0.25) is 0 Å². The Labute approximate surface area is 201 Å². The maximum atomic E-state index is 11.9. The molecule has 0 aliphatic carbocycles. The summed E-state index contributed by atoms with van der Waals surface area (Å²) in [6.45, 7) is 4.58. The van der Waals surface area contributed by atoms with Crippen molar-refractivity contribution >= 4 is 13.8 Å². The minimum absolute atomic E-state index is 0.0963. The first-order valence-electron chi connectivity index (χ1n) is 12.7. The van der Waals surface area contributed by atoms with Gasteiger partial charge in [-0.1, -0.05) is 70.9 Å². The number of hydrogen-bond donors (Lipinski definition) is 2. The summed E-state index contributed by atoms with van der Waals surface area (Å²) >= 11 is 0. The first-order chi connectivity index (χ1) is 15.9. The van der Waals surface area contributed by atoms with E-state index >= 15 is 0 Å². The highest BCUT2D eigenvalue weighted by atomic mass is 31.2. The van der Waals surface area contributed by atoms with Crippen LogP contribution >= 0.6 is 7.82 Å². The van der Waals surface area contributed by atoms with Gasteiger partial charge < -0.3 is 20.1 Å². The molecule has 9 heteroatoms. The van der Waals surface area contributed by atoms with E-state index in [0.29, 0.717) is 13.0 Å². The molecule has 0 aromatic carbocycles. The topological polar surface area (TPSA) is 117 Å². The standard InChI is InChI=1S/C24H48NO7P/c1-3-5-7-8-9-10-11-12-13-14-15-16-19-29-21-23(32-24(26)17-6-4-2)22-31-33(27,28)30-20-18-25/h8-9,23H,3-7,10-22,25H2,1-2H3,(H,27,28)/b9-8-. The summed E-state index contributed by atoms with van der Waals surface area (Å²) in [6, 6.07) is 0. The minimum atomic E-state index is -4.23. The first-order valence-corrected chi connectivity index (χ1v) is 14.2. The van der Waals surface area contributed by atoms with E-state index in [1.165, 1.54) is 51.4 Å². The first kappa shape index (κ1) is 32.2. The molecule has 0 aliphatic rings. The molecule has 2 unspecified atom stereocenters. The van der Waals surface area contributed by atoms with E-state index in [1.807, 2.05) is 6.92 Å². The molecule has 0 radical (unpaired) electrons. The van der Waals surface area contributed by atoms with Gasteiger partial charge in [0.05, 0.1) is 19.8 Å². The van der Waals surface area contributed by atoms with Crippen molar-refractivity contribution in [1.29, 1.82) is 0 Å². The zero-order valence-electron chi connectivity index (χ0n) is 20.9. The number of carbonyl (C=O) groups is 1. The molecule has 8 nitrogen and oxygen atoms in total. The highest BCUT2D eigenvalue weighted by Gasteiger charge is 2.25. The smallest absolute Gasteiger partial charge is 0.457 e. The summed E-state index contributed by atoms with van der Waals surface area (Å²) < 4.78 is 32.5. The second-order valence-corrected chi connectivity index (χ2v) is 9.65. The van der Waals surface area contributed by atoms with Crippen molar-refractivity contribution in [3.8, 4) is 0 Å². The van der Waals surface area contributed by atoms with Crippen molar-refractivity contribution in [3.05, 3.63) is 12.2 Å². The van der Waals surface area contributed by atoms with E-state index in [1.54, 1.807) is 0 Å². The van der Waals surface area contributed by atoms with Crippen LogP contribution in [0.15, 0.2) is 12.2 Å². The molecule has 0 fully saturated rings. The van der Waals surface area contributed by atoms with Gasteiger partial charge in [-0.2, -0.15) is 0 Å². The van der Waals surface area contributed by atoms with Crippen LogP contribution in [-0.4, -0.2) is 49.9 Å². The van der Waals surface area contributed by atoms with Crippen molar-refractivity contribution in [1.82, 2.24) is 0 Å². The monoisotopic (exact) mass is 493 g/mol. The zero-order chi connectivity index (χ0) is 24.6. The lowest BCUT2D eigenvalue weighted by Gasteiger charge is -2.20. The number of nitrogens with two attached hydrogens (primary N) is 1. The van der Waals surface area contributed by atoms with Gasteiger partial charge in [0.1, 0.15) is 6.10 Å².